The van der Waals surface area contributed by atoms with Crippen LogP contribution in [0.1, 0.15) is 12.1 Å². The van der Waals surface area contributed by atoms with Crippen molar-refractivity contribution in [1.29, 1.82) is 0 Å². The van der Waals surface area contributed by atoms with Gasteiger partial charge in [0.15, 0.2) is 11.6 Å². The highest BCUT2D eigenvalue weighted by atomic mass is 35.5. The van der Waals surface area contributed by atoms with Gasteiger partial charge < -0.3 is 14.4 Å². The summed E-state index contributed by atoms with van der Waals surface area (Å²) in [5.74, 6) is 4.02. The molecule has 1 aromatic heterocycles. The number of nitrogens with zero attached hydrogens (tertiary/aromatic N) is 3. The maximum absolute atomic E-state index is 6.09. The molecule has 1 saturated heterocycles. The Balaban J connectivity index is 1.81. The Kier molecular flexibility index (Phi) is 5.32. The van der Waals surface area contributed by atoms with E-state index in [4.69, 9.17) is 32.7 Å². The van der Waals surface area contributed by atoms with Gasteiger partial charge in [0.1, 0.15) is 6.61 Å². The van der Waals surface area contributed by atoms with E-state index in [1.54, 1.807) is 11.8 Å². The van der Waals surface area contributed by atoms with Crippen molar-refractivity contribution >= 4 is 40.8 Å². The quantitative estimate of drug-likeness (QED) is 0.462. The zero-order valence-corrected chi connectivity index (χ0v) is 13.9. The molecule has 5 nitrogen and oxygen atoms in total. The number of alkyl halides is 1. The molecule has 1 fully saturated rings. The van der Waals surface area contributed by atoms with E-state index in [1.165, 1.54) is 0 Å². The molecule has 3 rings (SSSR count). The van der Waals surface area contributed by atoms with E-state index in [1.807, 2.05) is 0 Å². The third-order valence-electron chi connectivity index (χ3n) is 3.47. The predicted octanol–water partition coefficient (Wildman–Crippen LogP) is 2.59. The van der Waals surface area contributed by atoms with Crippen LogP contribution in [-0.4, -0.2) is 54.0 Å². The molecule has 3 heterocycles. The molecular formula is C13H17Cl2N3O2S. The van der Waals surface area contributed by atoms with Crippen LogP contribution in [0.5, 0.6) is 5.75 Å². The number of hydrogen-bond donors (Lipinski definition) is 0. The van der Waals surface area contributed by atoms with Gasteiger partial charge in [0.05, 0.1) is 24.9 Å². The Bertz CT molecular complexity index is 507. The van der Waals surface area contributed by atoms with Gasteiger partial charge in [-0.15, -0.1) is 11.6 Å². The van der Waals surface area contributed by atoms with Crippen molar-refractivity contribution in [3.63, 3.8) is 0 Å². The Morgan fingerprint density at radius 3 is 3.10 bits per heavy atom. The number of aromatic nitrogens is 2. The molecule has 21 heavy (non-hydrogen) atoms. The number of hydrogen-bond acceptors (Lipinski definition) is 6. The first-order chi connectivity index (χ1) is 10.3. The maximum atomic E-state index is 6.09. The zero-order chi connectivity index (χ0) is 14.7. The van der Waals surface area contributed by atoms with Crippen molar-refractivity contribution in [2.24, 2.45) is 0 Å². The molecule has 0 aromatic carbocycles. The van der Waals surface area contributed by atoms with Crippen LogP contribution in [0, 0.1) is 0 Å². The lowest BCUT2D eigenvalue weighted by Gasteiger charge is -2.40. The highest BCUT2D eigenvalue weighted by Crippen LogP contribution is 2.37. The molecule has 0 aliphatic carbocycles. The molecule has 0 saturated carbocycles. The van der Waals surface area contributed by atoms with E-state index in [-0.39, 0.29) is 11.3 Å². The first-order valence-electron chi connectivity index (χ1n) is 6.97. The topological polar surface area (TPSA) is 47.5 Å². The van der Waals surface area contributed by atoms with Crippen LogP contribution < -0.4 is 9.64 Å². The number of fused-ring (bicyclic) bond motifs is 3. The summed E-state index contributed by atoms with van der Waals surface area (Å²) in [4.78, 5) is 10.9. The standard InChI is InChI=1S/C13H17Cl2N3O2S/c14-2-1-5-21-8-10-11-12(17-13(15)16-10)18-3-4-19-6-9(18)7-20-11/h9H,1-8H2. The lowest BCUT2D eigenvalue weighted by molar-refractivity contribution is 0.0693. The fraction of sp³-hybridized carbons (Fsp3) is 0.692. The van der Waals surface area contributed by atoms with Crippen LogP contribution >= 0.6 is 35.0 Å². The molecule has 0 N–H and O–H groups in total. The minimum absolute atomic E-state index is 0.217. The maximum Gasteiger partial charge on any atom is 0.224 e. The van der Waals surface area contributed by atoms with Crippen LogP contribution in [0.3, 0.4) is 0 Å². The van der Waals surface area contributed by atoms with Gasteiger partial charge in [-0.05, 0) is 23.8 Å². The van der Waals surface area contributed by atoms with E-state index >= 15 is 0 Å². The van der Waals surface area contributed by atoms with Crippen LogP contribution in [0.2, 0.25) is 5.28 Å². The van der Waals surface area contributed by atoms with Gasteiger partial charge in [-0.1, -0.05) is 0 Å². The fourth-order valence-corrected chi connectivity index (χ4v) is 3.83. The van der Waals surface area contributed by atoms with Crippen molar-refractivity contribution in [1.82, 2.24) is 9.97 Å². The van der Waals surface area contributed by atoms with Gasteiger partial charge >= 0.3 is 0 Å². The van der Waals surface area contributed by atoms with E-state index < -0.39 is 0 Å². The van der Waals surface area contributed by atoms with Crippen molar-refractivity contribution < 1.29 is 9.47 Å². The summed E-state index contributed by atoms with van der Waals surface area (Å²) in [7, 11) is 0. The summed E-state index contributed by atoms with van der Waals surface area (Å²) in [6.45, 7) is 2.79. The monoisotopic (exact) mass is 349 g/mol. The van der Waals surface area contributed by atoms with Gasteiger partial charge in [-0.25, -0.2) is 4.98 Å². The zero-order valence-electron chi connectivity index (χ0n) is 11.6. The third-order valence-corrected chi connectivity index (χ3v) is 4.96. The molecule has 1 aromatic rings. The van der Waals surface area contributed by atoms with Crippen LogP contribution in [0.4, 0.5) is 5.82 Å². The van der Waals surface area contributed by atoms with E-state index in [2.05, 4.69) is 14.9 Å². The van der Waals surface area contributed by atoms with E-state index in [0.29, 0.717) is 25.7 Å². The second-order valence-electron chi connectivity index (χ2n) is 4.92. The van der Waals surface area contributed by atoms with Crippen LogP contribution in [-0.2, 0) is 10.5 Å². The molecule has 0 radical (unpaired) electrons. The predicted molar refractivity (Wildman–Crippen MR) is 86.0 cm³/mol. The average Bonchev–Trinajstić information content (AvgIpc) is 2.51. The van der Waals surface area contributed by atoms with Crippen LogP contribution in [0.25, 0.3) is 0 Å². The molecule has 1 unspecified atom stereocenters. The largest absolute Gasteiger partial charge is 0.486 e. The van der Waals surface area contributed by atoms with Crippen molar-refractivity contribution in [3.8, 4) is 5.75 Å². The number of rotatable bonds is 5. The first-order valence-corrected chi connectivity index (χ1v) is 9.03. The second kappa shape index (κ2) is 7.22. The number of thioether (sulfide) groups is 1. The normalized spacial score (nSPS) is 20.7. The highest BCUT2D eigenvalue weighted by molar-refractivity contribution is 7.98. The Hall–Kier alpha value is -0.430. The Labute approximate surface area is 138 Å². The second-order valence-corrected chi connectivity index (χ2v) is 6.74. The number of anilines is 1. The fourth-order valence-electron chi connectivity index (χ4n) is 2.47. The van der Waals surface area contributed by atoms with Crippen molar-refractivity contribution in [2.75, 3.05) is 42.9 Å². The number of morpholine rings is 1. The molecule has 8 heteroatoms. The lowest BCUT2D eigenvalue weighted by atomic mass is 10.2. The van der Waals surface area contributed by atoms with Crippen LogP contribution in [0.15, 0.2) is 0 Å². The van der Waals surface area contributed by atoms with Gasteiger partial charge in [0.2, 0.25) is 5.28 Å². The Morgan fingerprint density at radius 1 is 1.33 bits per heavy atom. The van der Waals surface area contributed by atoms with Gasteiger partial charge in [-0.2, -0.15) is 16.7 Å². The van der Waals surface area contributed by atoms with E-state index in [9.17, 15) is 0 Å². The van der Waals surface area contributed by atoms with Gasteiger partial charge in [0.25, 0.3) is 0 Å². The summed E-state index contributed by atoms with van der Waals surface area (Å²) < 4.78 is 11.4. The van der Waals surface area contributed by atoms with E-state index in [0.717, 1.165) is 41.7 Å². The summed E-state index contributed by atoms with van der Waals surface area (Å²) in [6.07, 6.45) is 0.986. The molecule has 0 bridgehead atoms. The summed E-state index contributed by atoms with van der Waals surface area (Å²) in [6, 6.07) is 0.217. The van der Waals surface area contributed by atoms with Crippen molar-refractivity contribution in [2.45, 2.75) is 18.2 Å². The highest BCUT2D eigenvalue weighted by Gasteiger charge is 2.33. The molecule has 2 aliphatic heterocycles. The average molecular weight is 350 g/mol. The molecule has 116 valence electrons. The summed E-state index contributed by atoms with van der Waals surface area (Å²) >= 11 is 13.6. The minimum atomic E-state index is 0.217. The minimum Gasteiger partial charge on any atom is -0.486 e. The smallest absolute Gasteiger partial charge is 0.224 e. The summed E-state index contributed by atoms with van der Waals surface area (Å²) in [5, 5.41) is 0.275. The first kappa shape index (κ1) is 15.5. The SMILES string of the molecule is ClCCCSCc1nc(Cl)nc2c1OCC1COCCN21. The number of ether oxygens (including phenoxy) is 2. The molecule has 0 spiro atoms. The molecule has 0 amide bonds. The number of halogens is 2. The van der Waals surface area contributed by atoms with Crippen molar-refractivity contribution in [3.05, 3.63) is 11.0 Å². The molecule has 1 atom stereocenters. The van der Waals surface area contributed by atoms with Gasteiger partial charge in [-0.3, -0.25) is 0 Å². The summed E-state index contributed by atoms with van der Waals surface area (Å²) in [5.41, 5.74) is 0.870. The Morgan fingerprint density at radius 2 is 2.24 bits per heavy atom. The van der Waals surface area contributed by atoms with Gasteiger partial charge in [0, 0.05) is 18.2 Å². The lowest BCUT2D eigenvalue weighted by Crippen LogP contribution is -2.51. The third kappa shape index (κ3) is 3.50. The molecule has 2 aliphatic rings. The molecular weight excluding hydrogens is 333 g/mol.